The minimum Gasteiger partial charge on any atom is -0.379 e. The second-order valence-corrected chi connectivity index (χ2v) is 9.34. The standard InChI is InChI=1S/C26H30N6O4/c1-16-10-24(34)31-22-4-2-18(12-20(16)22)30-26(35)21-11-17(15-32-6-8-36-9-7-32)13-27-25(21)28-14-19-3-5-23(33)29-19/h2,4,10-13,19H,3,5-9,14-15H2,1H3,(H,27,28)(H,29,33)(H,30,35)(H,31,34). The predicted octanol–water partition coefficient (Wildman–Crippen LogP) is 2.01. The van der Waals surface area contributed by atoms with Gasteiger partial charge in [-0.1, -0.05) is 0 Å². The van der Waals surface area contributed by atoms with Gasteiger partial charge in [-0.25, -0.2) is 4.98 Å². The molecule has 2 fully saturated rings. The van der Waals surface area contributed by atoms with E-state index >= 15 is 0 Å². The number of hydrogen-bond acceptors (Lipinski definition) is 7. The lowest BCUT2D eigenvalue weighted by Gasteiger charge is -2.26. The fourth-order valence-electron chi connectivity index (χ4n) is 4.68. The quantitative estimate of drug-likeness (QED) is 0.399. The van der Waals surface area contributed by atoms with Crippen LogP contribution < -0.4 is 21.5 Å². The number of fused-ring (bicyclic) bond motifs is 1. The largest absolute Gasteiger partial charge is 0.379 e. The molecule has 5 rings (SSSR count). The first-order valence-corrected chi connectivity index (χ1v) is 12.2. The van der Waals surface area contributed by atoms with E-state index < -0.39 is 0 Å². The monoisotopic (exact) mass is 490 g/mol. The number of pyridine rings is 2. The molecule has 2 saturated heterocycles. The molecule has 2 amide bonds. The van der Waals surface area contributed by atoms with Gasteiger partial charge in [-0.2, -0.15) is 0 Å². The summed E-state index contributed by atoms with van der Waals surface area (Å²) in [6.07, 6.45) is 3.05. The Kier molecular flexibility index (Phi) is 6.97. The first kappa shape index (κ1) is 24.0. The number of carbonyl (C=O) groups is 2. The molecular formula is C26H30N6O4. The number of amides is 2. The van der Waals surface area contributed by atoms with E-state index in [1.54, 1.807) is 18.3 Å². The molecule has 3 aromatic rings. The molecule has 4 N–H and O–H groups in total. The highest BCUT2D eigenvalue weighted by Crippen LogP contribution is 2.23. The molecule has 0 spiro atoms. The second-order valence-electron chi connectivity index (χ2n) is 9.34. The van der Waals surface area contributed by atoms with Crippen LogP contribution in [0.4, 0.5) is 11.5 Å². The molecule has 10 heteroatoms. The summed E-state index contributed by atoms with van der Waals surface area (Å²) in [7, 11) is 0. The summed E-state index contributed by atoms with van der Waals surface area (Å²) in [5, 5.41) is 10.0. The van der Waals surface area contributed by atoms with Crippen molar-refractivity contribution in [1.82, 2.24) is 20.2 Å². The number of aryl methyl sites for hydroxylation is 1. The van der Waals surface area contributed by atoms with Crippen LogP contribution in [0.3, 0.4) is 0 Å². The smallest absolute Gasteiger partial charge is 0.259 e. The summed E-state index contributed by atoms with van der Waals surface area (Å²) in [6, 6.07) is 8.82. The lowest BCUT2D eigenvalue weighted by Crippen LogP contribution is -2.35. The zero-order valence-electron chi connectivity index (χ0n) is 20.2. The van der Waals surface area contributed by atoms with Crippen molar-refractivity contribution < 1.29 is 14.3 Å². The van der Waals surface area contributed by atoms with Crippen molar-refractivity contribution in [2.24, 2.45) is 0 Å². The minimum absolute atomic E-state index is 0.00820. The number of hydrogen-bond donors (Lipinski definition) is 4. The van der Waals surface area contributed by atoms with Crippen molar-refractivity contribution in [3.63, 3.8) is 0 Å². The molecule has 10 nitrogen and oxygen atoms in total. The Balaban J connectivity index is 1.39. The first-order valence-electron chi connectivity index (χ1n) is 12.2. The van der Waals surface area contributed by atoms with Crippen LogP contribution in [0.5, 0.6) is 0 Å². The van der Waals surface area contributed by atoms with E-state index in [2.05, 4.69) is 30.8 Å². The Morgan fingerprint density at radius 3 is 2.81 bits per heavy atom. The number of carbonyl (C=O) groups excluding carboxylic acids is 2. The number of H-pyrrole nitrogens is 1. The Labute approximate surface area is 208 Å². The van der Waals surface area contributed by atoms with Gasteiger partial charge in [0, 0.05) is 67.5 Å². The van der Waals surface area contributed by atoms with Gasteiger partial charge in [0.2, 0.25) is 11.5 Å². The molecule has 1 unspecified atom stereocenters. The fraction of sp³-hybridized carbons (Fsp3) is 0.385. The maximum atomic E-state index is 13.5. The van der Waals surface area contributed by atoms with Crippen LogP contribution in [0.1, 0.15) is 34.3 Å². The molecule has 2 aliphatic heterocycles. The summed E-state index contributed by atoms with van der Waals surface area (Å²) in [6.45, 7) is 6.09. The summed E-state index contributed by atoms with van der Waals surface area (Å²) < 4.78 is 5.44. The van der Waals surface area contributed by atoms with E-state index in [9.17, 15) is 14.4 Å². The Hall–Kier alpha value is -3.76. The molecule has 4 heterocycles. The number of aromatic nitrogens is 2. The molecule has 1 atom stereocenters. The van der Waals surface area contributed by atoms with E-state index in [1.807, 2.05) is 19.1 Å². The van der Waals surface area contributed by atoms with Crippen molar-refractivity contribution in [2.75, 3.05) is 43.5 Å². The minimum atomic E-state index is -0.286. The van der Waals surface area contributed by atoms with Crippen LogP contribution in [-0.4, -0.2) is 65.6 Å². The van der Waals surface area contributed by atoms with Crippen LogP contribution in [0.2, 0.25) is 0 Å². The molecule has 36 heavy (non-hydrogen) atoms. The number of nitrogens with zero attached hydrogens (tertiary/aromatic N) is 2. The van der Waals surface area contributed by atoms with Gasteiger partial charge in [0.05, 0.1) is 18.8 Å². The van der Waals surface area contributed by atoms with E-state index in [0.29, 0.717) is 55.3 Å². The maximum Gasteiger partial charge on any atom is 0.259 e. The third-order valence-electron chi connectivity index (χ3n) is 6.61. The molecule has 0 aliphatic carbocycles. The zero-order valence-corrected chi connectivity index (χ0v) is 20.2. The average Bonchev–Trinajstić information content (AvgIpc) is 3.29. The van der Waals surface area contributed by atoms with Gasteiger partial charge in [-0.05, 0) is 48.7 Å². The fourth-order valence-corrected chi connectivity index (χ4v) is 4.68. The normalized spacial score (nSPS) is 18.2. The number of aromatic amines is 1. The molecule has 0 radical (unpaired) electrons. The topological polar surface area (TPSA) is 128 Å². The van der Waals surface area contributed by atoms with E-state index in [1.165, 1.54) is 6.07 Å². The van der Waals surface area contributed by atoms with Crippen molar-refractivity contribution in [3.05, 3.63) is 63.6 Å². The summed E-state index contributed by atoms with van der Waals surface area (Å²) in [4.78, 5) is 46.4. The summed E-state index contributed by atoms with van der Waals surface area (Å²) in [5.74, 6) is 0.230. The van der Waals surface area contributed by atoms with Crippen LogP contribution in [0.25, 0.3) is 10.9 Å². The highest BCUT2D eigenvalue weighted by molar-refractivity contribution is 6.08. The summed E-state index contributed by atoms with van der Waals surface area (Å²) in [5.41, 5.74) is 3.38. The van der Waals surface area contributed by atoms with Crippen molar-refractivity contribution in [3.8, 4) is 0 Å². The highest BCUT2D eigenvalue weighted by Gasteiger charge is 2.22. The Morgan fingerprint density at radius 1 is 1.19 bits per heavy atom. The number of rotatable bonds is 7. The highest BCUT2D eigenvalue weighted by atomic mass is 16.5. The van der Waals surface area contributed by atoms with E-state index in [4.69, 9.17) is 4.74 Å². The first-order chi connectivity index (χ1) is 17.4. The lowest BCUT2D eigenvalue weighted by molar-refractivity contribution is -0.119. The van der Waals surface area contributed by atoms with Crippen molar-refractivity contribution >= 4 is 34.2 Å². The van der Waals surface area contributed by atoms with Gasteiger partial charge in [0.15, 0.2) is 0 Å². The van der Waals surface area contributed by atoms with Crippen LogP contribution in [0.15, 0.2) is 41.3 Å². The maximum absolute atomic E-state index is 13.5. The average molecular weight is 491 g/mol. The third-order valence-corrected chi connectivity index (χ3v) is 6.61. The number of nitrogens with one attached hydrogen (secondary N) is 4. The third kappa shape index (κ3) is 5.55. The molecule has 188 valence electrons. The Morgan fingerprint density at radius 2 is 2.03 bits per heavy atom. The zero-order chi connectivity index (χ0) is 25.1. The number of ether oxygens (including phenoxy) is 1. The molecule has 2 aliphatic rings. The number of benzene rings is 1. The SMILES string of the molecule is Cc1cc(=O)[nH]c2ccc(NC(=O)c3cc(CN4CCOCC4)cnc3NCC3CCC(=O)N3)cc12. The van der Waals surface area contributed by atoms with Gasteiger partial charge < -0.3 is 25.7 Å². The number of anilines is 2. The van der Waals surface area contributed by atoms with E-state index in [-0.39, 0.29) is 23.4 Å². The van der Waals surface area contributed by atoms with Crippen molar-refractivity contribution in [2.45, 2.75) is 32.4 Å². The van der Waals surface area contributed by atoms with Crippen LogP contribution in [0, 0.1) is 6.92 Å². The molecule has 0 saturated carbocycles. The van der Waals surface area contributed by atoms with Crippen LogP contribution >= 0.6 is 0 Å². The molecule has 2 aromatic heterocycles. The molecule has 0 bridgehead atoms. The van der Waals surface area contributed by atoms with Gasteiger partial charge in [-0.3, -0.25) is 19.3 Å². The van der Waals surface area contributed by atoms with Gasteiger partial charge in [-0.15, -0.1) is 0 Å². The predicted molar refractivity (Wildman–Crippen MR) is 137 cm³/mol. The lowest BCUT2D eigenvalue weighted by atomic mass is 10.1. The van der Waals surface area contributed by atoms with Gasteiger partial charge in [0.1, 0.15) is 5.82 Å². The second kappa shape index (κ2) is 10.5. The Bertz CT molecular complexity index is 1350. The van der Waals surface area contributed by atoms with Crippen LogP contribution in [-0.2, 0) is 16.1 Å². The number of morpholine rings is 1. The molecular weight excluding hydrogens is 460 g/mol. The van der Waals surface area contributed by atoms with E-state index in [0.717, 1.165) is 36.0 Å². The van der Waals surface area contributed by atoms with Gasteiger partial charge >= 0.3 is 0 Å². The summed E-state index contributed by atoms with van der Waals surface area (Å²) >= 11 is 0. The van der Waals surface area contributed by atoms with Crippen molar-refractivity contribution in [1.29, 1.82) is 0 Å². The van der Waals surface area contributed by atoms with Gasteiger partial charge in [0.25, 0.3) is 5.91 Å². The molecule has 1 aromatic carbocycles.